The number of ether oxygens (including phenoxy) is 3. The van der Waals surface area contributed by atoms with E-state index in [-0.39, 0.29) is 18.3 Å². The maximum atomic E-state index is 13.5. The summed E-state index contributed by atoms with van der Waals surface area (Å²) in [5, 5.41) is 1.11. The van der Waals surface area contributed by atoms with E-state index in [1.807, 2.05) is 19.0 Å². The van der Waals surface area contributed by atoms with Crippen molar-refractivity contribution in [3.63, 3.8) is 0 Å². The minimum Gasteiger partial charge on any atom is -0.497 e. The topological polar surface area (TPSA) is 64.1 Å². The fraction of sp³-hybridized carbons (Fsp3) is 0.333. The van der Waals surface area contributed by atoms with Gasteiger partial charge in [0.1, 0.15) is 22.8 Å². The van der Waals surface area contributed by atoms with Crippen LogP contribution in [-0.2, 0) is 0 Å². The van der Waals surface area contributed by atoms with Crippen LogP contribution in [0.3, 0.4) is 0 Å². The first-order chi connectivity index (χ1) is 14.4. The van der Waals surface area contributed by atoms with E-state index in [9.17, 15) is 4.79 Å². The Hall–Kier alpha value is -2.26. The van der Waals surface area contributed by atoms with Crippen LogP contribution in [0.2, 0.25) is 5.02 Å². The van der Waals surface area contributed by atoms with Crippen LogP contribution < -0.4 is 19.1 Å². The zero-order valence-corrected chi connectivity index (χ0v) is 20.4. The number of likely N-dealkylation sites (N-methyl/N-ethyl adjacent to an activating group) is 1. The SMILES string of the molecule is COc1cc(OC)cc(C(=O)N(CCN(C)C)c2nc3c(OC)ccc(Cl)c3s2)c1.Cl. The predicted molar refractivity (Wildman–Crippen MR) is 128 cm³/mol. The molecule has 1 heterocycles. The molecule has 0 bridgehead atoms. The van der Waals surface area contributed by atoms with Gasteiger partial charge in [-0.2, -0.15) is 0 Å². The molecule has 0 N–H and O–H groups in total. The number of aromatic nitrogens is 1. The lowest BCUT2D eigenvalue weighted by atomic mass is 10.1. The van der Waals surface area contributed by atoms with Crippen LogP contribution in [0.4, 0.5) is 5.13 Å². The predicted octanol–water partition coefficient (Wildman–Crippen LogP) is 4.61. The maximum absolute atomic E-state index is 13.5. The molecule has 0 saturated carbocycles. The fourth-order valence-electron chi connectivity index (χ4n) is 2.89. The second kappa shape index (κ2) is 10.9. The highest BCUT2D eigenvalue weighted by molar-refractivity contribution is 7.23. The highest BCUT2D eigenvalue weighted by atomic mass is 35.5. The number of anilines is 1. The highest BCUT2D eigenvalue weighted by Gasteiger charge is 2.24. The Labute approximate surface area is 196 Å². The van der Waals surface area contributed by atoms with Crippen molar-refractivity contribution >= 4 is 56.6 Å². The first kappa shape index (κ1) is 25.0. The van der Waals surface area contributed by atoms with Crippen LogP contribution in [0.1, 0.15) is 10.4 Å². The molecule has 0 unspecified atom stereocenters. The Morgan fingerprint density at radius 1 is 1.03 bits per heavy atom. The molecule has 0 radical (unpaired) electrons. The number of benzene rings is 2. The molecule has 7 nitrogen and oxygen atoms in total. The number of hydrogen-bond acceptors (Lipinski definition) is 7. The molecule has 0 atom stereocenters. The average molecular weight is 486 g/mol. The standard InChI is InChI=1S/C21H24ClN3O4S.ClH/c1-24(2)8-9-25(20(26)13-10-14(27-3)12-15(11-13)28-4)21-23-18-17(29-5)7-6-16(22)19(18)30-21;/h6-7,10-12H,8-9H2,1-5H3;1H. The number of carbonyl (C=O) groups excluding carboxylic acids is 1. The van der Waals surface area contributed by atoms with Crippen LogP contribution in [0.25, 0.3) is 10.2 Å². The smallest absolute Gasteiger partial charge is 0.260 e. The normalized spacial score (nSPS) is 10.7. The first-order valence-electron chi connectivity index (χ1n) is 9.20. The van der Waals surface area contributed by atoms with E-state index in [0.717, 1.165) is 4.70 Å². The molecule has 0 aliphatic carbocycles. The van der Waals surface area contributed by atoms with Gasteiger partial charge in [-0.3, -0.25) is 9.69 Å². The summed E-state index contributed by atoms with van der Waals surface area (Å²) >= 11 is 7.73. The van der Waals surface area contributed by atoms with Gasteiger partial charge in [0.15, 0.2) is 5.13 Å². The van der Waals surface area contributed by atoms with Gasteiger partial charge >= 0.3 is 0 Å². The molecule has 1 amide bonds. The monoisotopic (exact) mass is 485 g/mol. The molecule has 0 spiro atoms. The van der Waals surface area contributed by atoms with Crippen LogP contribution in [0, 0.1) is 0 Å². The van der Waals surface area contributed by atoms with Crippen LogP contribution >= 0.6 is 35.3 Å². The van der Waals surface area contributed by atoms with Gasteiger partial charge in [0.05, 0.1) is 31.1 Å². The zero-order valence-electron chi connectivity index (χ0n) is 18.0. The molecule has 3 rings (SSSR count). The quantitative estimate of drug-likeness (QED) is 0.464. The third-order valence-corrected chi connectivity index (χ3v) is 6.05. The summed E-state index contributed by atoms with van der Waals surface area (Å²) in [6.45, 7) is 1.11. The minimum absolute atomic E-state index is 0. The van der Waals surface area contributed by atoms with Gasteiger partial charge in [-0.1, -0.05) is 22.9 Å². The summed E-state index contributed by atoms with van der Waals surface area (Å²) in [5.74, 6) is 1.49. The Bertz CT molecular complexity index is 1040. The number of nitrogens with zero attached hydrogens (tertiary/aromatic N) is 3. The second-order valence-electron chi connectivity index (χ2n) is 6.79. The molecular weight excluding hydrogens is 461 g/mol. The number of fused-ring (bicyclic) bond motifs is 1. The molecule has 168 valence electrons. The number of methoxy groups -OCH3 is 3. The van der Waals surface area contributed by atoms with Gasteiger partial charge in [0, 0.05) is 24.7 Å². The van der Waals surface area contributed by atoms with Gasteiger partial charge in [0.2, 0.25) is 0 Å². The summed E-state index contributed by atoms with van der Waals surface area (Å²) in [7, 11) is 8.59. The van der Waals surface area contributed by atoms with E-state index >= 15 is 0 Å². The van der Waals surface area contributed by atoms with Crippen molar-refractivity contribution in [2.24, 2.45) is 0 Å². The van der Waals surface area contributed by atoms with Gasteiger partial charge in [-0.15, -0.1) is 12.4 Å². The van der Waals surface area contributed by atoms with Crippen molar-refractivity contribution in [2.75, 3.05) is 53.4 Å². The maximum Gasteiger partial charge on any atom is 0.260 e. The van der Waals surface area contributed by atoms with E-state index in [4.69, 9.17) is 25.8 Å². The fourth-order valence-corrected chi connectivity index (χ4v) is 4.17. The van der Waals surface area contributed by atoms with E-state index in [0.29, 0.717) is 51.6 Å². The van der Waals surface area contributed by atoms with Crippen molar-refractivity contribution in [3.8, 4) is 17.2 Å². The molecule has 0 fully saturated rings. The molecule has 0 aliphatic heterocycles. The lowest BCUT2D eigenvalue weighted by Crippen LogP contribution is -2.36. The van der Waals surface area contributed by atoms with Crippen molar-refractivity contribution in [3.05, 3.63) is 40.9 Å². The van der Waals surface area contributed by atoms with Crippen LogP contribution in [0.5, 0.6) is 17.2 Å². The van der Waals surface area contributed by atoms with E-state index in [1.54, 1.807) is 56.6 Å². The van der Waals surface area contributed by atoms with Crippen LogP contribution in [-0.4, -0.2) is 64.3 Å². The summed E-state index contributed by atoms with van der Waals surface area (Å²) in [6, 6.07) is 8.64. The lowest BCUT2D eigenvalue weighted by Gasteiger charge is -2.22. The number of halogens is 2. The number of amides is 1. The Morgan fingerprint density at radius 3 is 2.23 bits per heavy atom. The summed E-state index contributed by atoms with van der Waals surface area (Å²) in [6.07, 6.45) is 0. The van der Waals surface area contributed by atoms with E-state index in [2.05, 4.69) is 4.98 Å². The second-order valence-corrected chi connectivity index (χ2v) is 8.17. The minimum atomic E-state index is -0.205. The van der Waals surface area contributed by atoms with Crippen molar-refractivity contribution in [1.82, 2.24) is 9.88 Å². The average Bonchev–Trinajstić information content (AvgIpc) is 3.19. The molecule has 3 aromatic rings. The van der Waals surface area contributed by atoms with E-state index < -0.39 is 0 Å². The Kier molecular flexibility index (Phi) is 8.76. The van der Waals surface area contributed by atoms with Crippen molar-refractivity contribution in [2.45, 2.75) is 0 Å². The molecule has 10 heteroatoms. The largest absolute Gasteiger partial charge is 0.497 e. The Balaban J connectivity index is 0.00000341. The number of carbonyl (C=O) groups is 1. The first-order valence-corrected chi connectivity index (χ1v) is 10.4. The number of hydrogen-bond donors (Lipinski definition) is 0. The Morgan fingerprint density at radius 2 is 1.68 bits per heavy atom. The number of thiazole rings is 1. The summed E-state index contributed by atoms with van der Waals surface area (Å²) < 4.78 is 16.8. The van der Waals surface area contributed by atoms with Gasteiger partial charge in [-0.05, 0) is 38.4 Å². The summed E-state index contributed by atoms with van der Waals surface area (Å²) in [5.41, 5.74) is 1.08. The number of rotatable bonds is 8. The van der Waals surface area contributed by atoms with Gasteiger partial charge in [0.25, 0.3) is 5.91 Å². The molecule has 0 aliphatic rings. The lowest BCUT2D eigenvalue weighted by molar-refractivity contribution is 0.0984. The summed E-state index contributed by atoms with van der Waals surface area (Å²) in [4.78, 5) is 21.9. The molecule has 1 aromatic heterocycles. The molecule has 31 heavy (non-hydrogen) atoms. The third kappa shape index (κ3) is 5.51. The van der Waals surface area contributed by atoms with Gasteiger partial charge < -0.3 is 19.1 Å². The van der Waals surface area contributed by atoms with Gasteiger partial charge in [-0.25, -0.2) is 4.98 Å². The zero-order chi connectivity index (χ0) is 21.8. The highest BCUT2D eigenvalue weighted by Crippen LogP contribution is 2.39. The molecule has 2 aromatic carbocycles. The third-order valence-electron chi connectivity index (χ3n) is 4.51. The molecule has 0 saturated heterocycles. The van der Waals surface area contributed by atoms with Crippen molar-refractivity contribution < 1.29 is 19.0 Å². The van der Waals surface area contributed by atoms with Crippen LogP contribution in [0.15, 0.2) is 30.3 Å². The molecular formula is C21H25Cl2N3O4S. The van der Waals surface area contributed by atoms with E-state index in [1.165, 1.54) is 11.3 Å². The van der Waals surface area contributed by atoms with Crippen molar-refractivity contribution in [1.29, 1.82) is 0 Å².